The van der Waals surface area contributed by atoms with E-state index in [9.17, 15) is 9.59 Å². The van der Waals surface area contributed by atoms with Crippen LogP contribution in [0, 0.1) is 5.92 Å². The van der Waals surface area contributed by atoms with Crippen molar-refractivity contribution in [2.75, 3.05) is 13.1 Å². The summed E-state index contributed by atoms with van der Waals surface area (Å²) in [6, 6.07) is 15.1. The lowest BCUT2D eigenvalue weighted by molar-refractivity contribution is -0.123. The molecule has 1 aliphatic rings. The molecular weight excluding hydrogens is 396 g/mol. The van der Waals surface area contributed by atoms with Crippen LogP contribution >= 0.6 is 15.9 Å². The van der Waals surface area contributed by atoms with E-state index in [1.165, 1.54) is 0 Å². The van der Waals surface area contributed by atoms with Gasteiger partial charge in [0.2, 0.25) is 5.91 Å². The number of amides is 2. The van der Waals surface area contributed by atoms with Gasteiger partial charge in [0.15, 0.2) is 0 Å². The van der Waals surface area contributed by atoms with Crippen LogP contribution in [-0.2, 0) is 11.4 Å². The minimum Gasteiger partial charge on any atom is -0.488 e. The van der Waals surface area contributed by atoms with E-state index in [-0.39, 0.29) is 17.7 Å². The summed E-state index contributed by atoms with van der Waals surface area (Å²) >= 11 is 3.50. The number of para-hydroxylation sites is 1. The first-order valence-electron chi connectivity index (χ1n) is 8.60. The van der Waals surface area contributed by atoms with Gasteiger partial charge in [0.05, 0.1) is 5.56 Å². The molecule has 0 aliphatic carbocycles. The third-order valence-electron chi connectivity index (χ3n) is 4.64. The standard InChI is InChI=1S/C20H21BrN2O3/c21-17-7-3-1-5-15(17)13-26-18-8-4-2-6-16(18)20(25)23-11-9-14(10-12-23)19(22)24/h1-8,14H,9-13H2,(H2,22,24). The van der Waals surface area contributed by atoms with Crippen molar-refractivity contribution in [3.63, 3.8) is 0 Å². The van der Waals surface area contributed by atoms with Gasteiger partial charge < -0.3 is 15.4 Å². The Morgan fingerprint density at radius 1 is 1.08 bits per heavy atom. The number of rotatable bonds is 5. The van der Waals surface area contributed by atoms with E-state index >= 15 is 0 Å². The minimum absolute atomic E-state index is 0.0735. The summed E-state index contributed by atoms with van der Waals surface area (Å²) in [5, 5.41) is 0. The average molecular weight is 417 g/mol. The van der Waals surface area contributed by atoms with Crippen LogP contribution < -0.4 is 10.5 Å². The topological polar surface area (TPSA) is 72.6 Å². The number of hydrogen-bond donors (Lipinski definition) is 1. The van der Waals surface area contributed by atoms with Gasteiger partial charge in [0.25, 0.3) is 5.91 Å². The van der Waals surface area contributed by atoms with Crippen LogP contribution in [0.5, 0.6) is 5.75 Å². The van der Waals surface area contributed by atoms with Crippen LogP contribution in [0.1, 0.15) is 28.8 Å². The Hall–Kier alpha value is -2.34. The molecule has 0 saturated carbocycles. The van der Waals surface area contributed by atoms with Crippen LogP contribution in [0.2, 0.25) is 0 Å². The van der Waals surface area contributed by atoms with E-state index in [4.69, 9.17) is 10.5 Å². The number of piperidine rings is 1. The molecule has 2 aromatic rings. The summed E-state index contributed by atoms with van der Waals surface area (Å²) in [7, 11) is 0. The lowest BCUT2D eigenvalue weighted by atomic mass is 9.96. The molecule has 0 radical (unpaired) electrons. The van der Waals surface area contributed by atoms with Gasteiger partial charge >= 0.3 is 0 Å². The van der Waals surface area contributed by atoms with Crippen LogP contribution in [0.15, 0.2) is 53.0 Å². The van der Waals surface area contributed by atoms with Crippen LogP contribution in [0.4, 0.5) is 0 Å². The number of carbonyl (C=O) groups is 2. The fourth-order valence-corrected chi connectivity index (χ4v) is 3.48. The number of benzene rings is 2. The molecule has 2 amide bonds. The zero-order valence-electron chi connectivity index (χ0n) is 14.4. The maximum absolute atomic E-state index is 12.9. The molecule has 5 nitrogen and oxygen atoms in total. The van der Waals surface area contributed by atoms with Gasteiger partial charge in [0.1, 0.15) is 12.4 Å². The number of likely N-dealkylation sites (tertiary alicyclic amines) is 1. The Morgan fingerprint density at radius 3 is 2.42 bits per heavy atom. The van der Waals surface area contributed by atoms with Crippen molar-refractivity contribution in [1.29, 1.82) is 0 Å². The average Bonchev–Trinajstić information content (AvgIpc) is 2.67. The van der Waals surface area contributed by atoms with Gasteiger partial charge in [-0.1, -0.05) is 46.3 Å². The van der Waals surface area contributed by atoms with Crippen molar-refractivity contribution in [3.05, 3.63) is 64.1 Å². The number of carbonyl (C=O) groups excluding carboxylic acids is 2. The summed E-state index contributed by atoms with van der Waals surface area (Å²) in [6.45, 7) is 1.44. The molecule has 0 unspecified atom stereocenters. The lowest BCUT2D eigenvalue weighted by Crippen LogP contribution is -2.41. The fraction of sp³-hybridized carbons (Fsp3) is 0.300. The first kappa shape index (κ1) is 18.5. The van der Waals surface area contributed by atoms with Crippen LogP contribution in [0.3, 0.4) is 0 Å². The largest absolute Gasteiger partial charge is 0.488 e. The molecule has 1 saturated heterocycles. The highest BCUT2D eigenvalue weighted by atomic mass is 79.9. The van der Waals surface area contributed by atoms with Gasteiger partial charge in [-0.3, -0.25) is 9.59 Å². The number of nitrogens with zero attached hydrogens (tertiary/aromatic N) is 1. The van der Waals surface area contributed by atoms with Gasteiger partial charge in [-0.25, -0.2) is 0 Å². The van der Waals surface area contributed by atoms with E-state index in [0.29, 0.717) is 43.9 Å². The van der Waals surface area contributed by atoms with Crippen molar-refractivity contribution < 1.29 is 14.3 Å². The number of halogens is 1. The maximum Gasteiger partial charge on any atom is 0.257 e. The molecule has 0 bridgehead atoms. The Kier molecular flexibility index (Phi) is 5.93. The molecule has 1 heterocycles. The lowest BCUT2D eigenvalue weighted by Gasteiger charge is -2.31. The van der Waals surface area contributed by atoms with E-state index < -0.39 is 0 Å². The highest BCUT2D eigenvalue weighted by Crippen LogP contribution is 2.25. The van der Waals surface area contributed by atoms with Crippen molar-refractivity contribution >= 4 is 27.7 Å². The van der Waals surface area contributed by atoms with Gasteiger partial charge in [-0.2, -0.15) is 0 Å². The Morgan fingerprint density at radius 2 is 1.73 bits per heavy atom. The summed E-state index contributed by atoms with van der Waals surface area (Å²) in [6.07, 6.45) is 1.22. The first-order valence-corrected chi connectivity index (χ1v) is 9.39. The second-order valence-corrected chi connectivity index (χ2v) is 7.20. The fourth-order valence-electron chi connectivity index (χ4n) is 3.08. The molecule has 26 heavy (non-hydrogen) atoms. The molecule has 1 fully saturated rings. The minimum atomic E-state index is -0.283. The third kappa shape index (κ3) is 4.25. The Balaban J connectivity index is 1.70. The summed E-state index contributed by atoms with van der Waals surface area (Å²) < 4.78 is 6.89. The molecule has 1 aliphatic heterocycles. The third-order valence-corrected chi connectivity index (χ3v) is 5.42. The number of hydrogen-bond acceptors (Lipinski definition) is 3. The SMILES string of the molecule is NC(=O)C1CCN(C(=O)c2ccccc2OCc2ccccc2Br)CC1. The molecule has 0 spiro atoms. The van der Waals surface area contributed by atoms with E-state index in [1.807, 2.05) is 36.4 Å². The van der Waals surface area contributed by atoms with Gasteiger partial charge in [-0.15, -0.1) is 0 Å². The van der Waals surface area contributed by atoms with Gasteiger partial charge in [0, 0.05) is 29.0 Å². The first-order chi connectivity index (χ1) is 12.6. The molecule has 6 heteroatoms. The highest BCUT2D eigenvalue weighted by molar-refractivity contribution is 9.10. The molecule has 3 rings (SSSR count). The Bertz CT molecular complexity index is 801. The molecule has 0 atom stereocenters. The van der Waals surface area contributed by atoms with E-state index in [2.05, 4.69) is 15.9 Å². The van der Waals surface area contributed by atoms with Crippen molar-refractivity contribution in [1.82, 2.24) is 4.90 Å². The van der Waals surface area contributed by atoms with Crippen LogP contribution in [-0.4, -0.2) is 29.8 Å². The quantitative estimate of drug-likeness (QED) is 0.811. The van der Waals surface area contributed by atoms with Gasteiger partial charge in [-0.05, 0) is 31.0 Å². The predicted octanol–water partition coefficient (Wildman–Crippen LogP) is 3.37. The summed E-state index contributed by atoms with van der Waals surface area (Å²) in [5.41, 5.74) is 6.91. The second kappa shape index (κ2) is 8.36. The predicted molar refractivity (Wildman–Crippen MR) is 103 cm³/mol. The highest BCUT2D eigenvalue weighted by Gasteiger charge is 2.27. The van der Waals surface area contributed by atoms with Crippen molar-refractivity contribution in [2.24, 2.45) is 11.7 Å². The van der Waals surface area contributed by atoms with Crippen molar-refractivity contribution in [2.45, 2.75) is 19.4 Å². The van der Waals surface area contributed by atoms with Crippen molar-refractivity contribution in [3.8, 4) is 5.75 Å². The number of primary amides is 1. The molecule has 2 N–H and O–H groups in total. The monoisotopic (exact) mass is 416 g/mol. The smallest absolute Gasteiger partial charge is 0.257 e. The van der Waals surface area contributed by atoms with E-state index in [1.54, 1.807) is 17.0 Å². The molecule has 136 valence electrons. The molecular formula is C20H21BrN2O3. The summed E-state index contributed by atoms with van der Waals surface area (Å²) in [4.78, 5) is 26.0. The molecule has 2 aromatic carbocycles. The Labute approximate surface area is 161 Å². The maximum atomic E-state index is 12.9. The number of nitrogens with two attached hydrogens (primary N) is 1. The second-order valence-electron chi connectivity index (χ2n) is 6.35. The number of ether oxygens (including phenoxy) is 1. The zero-order valence-corrected chi connectivity index (χ0v) is 15.9. The van der Waals surface area contributed by atoms with E-state index in [0.717, 1.165) is 10.0 Å². The van der Waals surface area contributed by atoms with Crippen LogP contribution in [0.25, 0.3) is 0 Å². The molecule has 0 aromatic heterocycles. The zero-order chi connectivity index (χ0) is 18.5. The normalized spacial score (nSPS) is 14.9. The summed E-state index contributed by atoms with van der Waals surface area (Å²) in [5.74, 6) is 0.0659.